The van der Waals surface area contributed by atoms with Crippen LogP contribution in [0, 0.1) is 0 Å². The third-order valence-electron chi connectivity index (χ3n) is 1.36. The van der Waals surface area contributed by atoms with Crippen LogP contribution in [-0.4, -0.2) is 42.7 Å². The fraction of sp³-hybridized carbons (Fsp3) is 1.00. The van der Waals surface area contributed by atoms with E-state index in [4.69, 9.17) is 0 Å². The van der Waals surface area contributed by atoms with Crippen molar-refractivity contribution in [2.24, 2.45) is 0 Å². The molecule has 2 N–H and O–H groups in total. The predicted octanol–water partition coefficient (Wildman–Crippen LogP) is 2.02. The molecule has 0 aromatic heterocycles. The summed E-state index contributed by atoms with van der Waals surface area (Å²) in [6.07, 6.45) is -1.02. The molecule has 0 aliphatic heterocycles. The Labute approximate surface area is 106 Å². The number of rotatable bonds is 5. The average molecular weight is 434 g/mol. The van der Waals surface area contributed by atoms with Crippen molar-refractivity contribution in [3.63, 3.8) is 0 Å². The first-order valence-corrected chi connectivity index (χ1v) is 7.38. The van der Waals surface area contributed by atoms with Crippen LogP contribution < -0.4 is 0 Å². The van der Waals surface area contributed by atoms with Gasteiger partial charge in [0.2, 0.25) is 0 Å². The molecule has 0 radical (unpaired) electrons. The van der Waals surface area contributed by atoms with Gasteiger partial charge in [0.05, 0.1) is 21.9 Å². The summed E-state index contributed by atoms with van der Waals surface area (Å²) >= 11 is 12.9. The van der Waals surface area contributed by atoms with Crippen molar-refractivity contribution in [2.45, 2.75) is 21.9 Å². The highest BCUT2D eigenvalue weighted by Gasteiger charge is 2.28. The molecule has 0 aromatic carbocycles. The van der Waals surface area contributed by atoms with Gasteiger partial charge in [0.1, 0.15) is 0 Å². The normalized spacial score (nSPS) is 21.5. The van der Waals surface area contributed by atoms with Crippen LogP contribution in [0.25, 0.3) is 0 Å². The summed E-state index contributed by atoms with van der Waals surface area (Å²) in [5.74, 6) is 0. The van der Waals surface area contributed by atoms with Crippen LogP contribution in [-0.2, 0) is 0 Å². The Balaban J connectivity index is 3.99. The Morgan fingerprint density at radius 3 is 1.25 bits per heavy atom. The third kappa shape index (κ3) is 4.37. The average Bonchev–Trinajstić information content (AvgIpc) is 2.12. The van der Waals surface area contributed by atoms with E-state index in [9.17, 15) is 10.2 Å². The molecule has 0 fully saturated rings. The zero-order valence-corrected chi connectivity index (χ0v) is 12.5. The lowest BCUT2D eigenvalue weighted by Gasteiger charge is -2.23. The van der Waals surface area contributed by atoms with E-state index in [0.29, 0.717) is 10.7 Å². The van der Waals surface area contributed by atoms with E-state index in [-0.39, 0.29) is 9.65 Å². The number of hydrogen-bond acceptors (Lipinski definition) is 2. The molecule has 0 heterocycles. The van der Waals surface area contributed by atoms with Crippen LogP contribution in [0.15, 0.2) is 0 Å². The van der Waals surface area contributed by atoms with Crippen molar-refractivity contribution in [3.05, 3.63) is 0 Å². The second-order valence-corrected chi connectivity index (χ2v) is 5.74. The van der Waals surface area contributed by atoms with Gasteiger partial charge in [-0.05, 0) is 0 Å². The van der Waals surface area contributed by atoms with E-state index in [1.165, 1.54) is 0 Å². The summed E-state index contributed by atoms with van der Waals surface area (Å²) in [6.45, 7) is 0. The number of halogens is 4. The van der Waals surface area contributed by atoms with Crippen molar-refractivity contribution < 1.29 is 10.2 Å². The highest BCUT2D eigenvalue weighted by atomic mass is 79.9. The molecule has 0 aliphatic carbocycles. The van der Waals surface area contributed by atoms with Gasteiger partial charge in [0, 0.05) is 10.7 Å². The first kappa shape index (κ1) is 13.8. The van der Waals surface area contributed by atoms with Gasteiger partial charge < -0.3 is 10.2 Å². The third-order valence-corrected chi connectivity index (χ3v) is 5.75. The smallest absolute Gasteiger partial charge is 0.0773 e. The molecule has 0 saturated carbocycles. The van der Waals surface area contributed by atoms with E-state index in [1.54, 1.807) is 0 Å². The molecular formula is C6H10Br4O2. The highest BCUT2D eigenvalue weighted by molar-refractivity contribution is 9.12. The molecule has 0 spiro atoms. The largest absolute Gasteiger partial charge is 0.391 e. The molecule has 0 aliphatic rings. The molecule has 12 heavy (non-hydrogen) atoms. The molecule has 74 valence electrons. The molecule has 4 atom stereocenters. The fourth-order valence-electron chi connectivity index (χ4n) is 0.595. The lowest BCUT2D eigenvalue weighted by atomic mass is 10.1. The summed E-state index contributed by atoms with van der Waals surface area (Å²) in [5, 5.41) is 19.8. The van der Waals surface area contributed by atoms with Gasteiger partial charge in [-0.1, -0.05) is 63.7 Å². The van der Waals surface area contributed by atoms with Crippen LogP contribution >= 0.6 is 63.7 Å². The van der Waals surface area contributed by atoms with E-state index in [1.807, 2.05) is 0 Å². The first-order chi connectivity index (χ1) is 5.54. The van der Waals surface area contributed by atoms with Crippen molar-refractivity contribution in [3.8, 4) is 0 Å². The van der Waals surface area contributed by atoms with Crippen molar-refractivity contribution >= 4 is 63.7 Å². The van der Waals surface area contributed by atoms with Gasteiger partial charge in [-0.25, -0.2) is 0 Å². The Morgan fingerprint density at radius 2 is 1.08 bits per heavy atom. The summed E-state index contributed by atoms with van der Waals surface area (Å²) < 4.78 is 0. The maximum Gasteiger partial charge on any atom is 0.0773 e. The van der Waals surface area contributed by atoms with Gasteiger partial charge >= 0.3 is 0 Å². The molecule has 2 nitrogen and oxygen atoms in total. The van der Waals surface area contributed by atoms with Gasteiger partial charge in [-0.3, -0.25) is 0 Å². The zero-order chi connectivity index (χ0) is 9.72. The minimum absolute atomic E-state index is 0.163. The molecule has 0 saturated heterocycles. The number of aliphatic hydroxyl groups excluding tert-OH is 2. The molecule has 0 aromatic rings. The fourth-order valence-corrected chi connectivity index (χ4v) is 3.48. The maximum atomic E-state index is 9.39. The predicted molar refractivity (Wildman–Crippen MR) is 65.0 cm³/mol. The minimum Gasteiger partial charge on any atom is -0.391 e. The Morgan fingerprint density at radius 1 is 0.833 bits per heavy atom. The van der Waals surface area contributed by atoms with E-state index < -0.39 is 12.2 Å². The number of hydrogen-bond donors (Lipinski definition) is 2. The molecule has 6 heteroatoms. The summed E-state index contributed by atoms with van der Waals surface area (Å²) in [4.78, 5) is -0.325. The topological polar surface area (TPSA) is 40.5 Å². The number of aliphatic hydroxyl groups is 2. The van der Waals surface area contributed by atoms with Crippen LogP contribution in [0.3, 0.4) is 0 Å². The van der Waals surface area contributed by atoms with Crippen LogP contribution in [0.4, 0.5) is 0 Å². The molecule has 0 bridgehead atoms. The van der Waals surface area contributed by atoms with E-state index in [2.05, 4.69) is 63.7 Å². The second-order valence-electron chi connectivity index (χ2n) is 2.33. The summed E-state index contributed by atoms with van der Waals surface area (Å²) in [6, 6.07) is 0. The highest BCUT2D eigenvalue weighted by Crippen LogP contribution is 2.23. The maximum absolute atomic E-state index is 9.39. The molecular weight excluding hydrogens is 424 g/mol. The minimum atomic E-state index is -0.511. The Bertz CT molecular complexity index is 110. The van der Waals surface area contributed by atoms with E-state index in [0.717, 1.165) is 0 Å². The van der Waals surface area contributed by atoms with Crippen LogP contribution in [0.5, 0.6) is 0 Å². The summed E-state index contributed by atoms with van der Waals surface area (Å²) in [5.41, 5.74) is 0. The quantitative estimate of drug-likeness (QED) is 0.651. The van der Waals surface area contributed by atoms with Crippen LogP contribution in [0.1, 0.15) is 0 Å². The summed E-state index contributed by atoms with van der Waals surface area (Å²) in [7, 11) is 0. The van der Waals surface area contributed by atoms with Gasteiger partial charge in [-0.15, -0.1) is 0 Å². The number of alkyl halides is 4. The molecule has 4 unspecified atom stereocenters. The van der Waals surface area contributed by atoms with Gasteiger partial charge in [0.15, 0.2) is 0 Å². The van der Waals surface area contributed by atoms with Gasteiger partial charge in [0.25, 0.3) is 0 Å². The lowest BCUT2D eigenvalue weighted by Crippen LogP contribution is -2.38. The van der Waals surface area contributed by atoms with Crippen molar-refractivity contribution in [2.75, 3.05) is 10.7 Å². The molecule has 0 rings (SSSR count). The lowest BCUT2D eigenvalue weighted by molar-refractivity contribution is 0.154. The standard InChI is InChI=1S/C6H10Br4O2/c7-1-3(11)5(9)6(10)4(12)2-8/h3-6,11-12H,1-2H2. The Hall–Kier alpha value is 1.84. The van der Waals surface area contributed by atoms with Gasteiger partial charge in [-0.2, -0.15) is 0 Å². The Kier molecular flexibility index (Phi) is 8.27. The van der Waals surface area contributed by atoms with Crippen molar-refractivity contribution in [1.29, 1.82) is 0 Å². The SMILES string of the molecule is OC(CBr)C(Br)C(Br)C(O)CBr. The zero-order valence-electron chi connectivity index (χ0n) is 6.13. The first-order valence-electron chi connectivity index (χ1n) is 3.30. The van der Waals surface area contributed by atoms with Crippen molar-refractivity contribution in [1.82, 2.24) is 0 Å². The van der Waals surface area contributed by atoms with Crippen LogP contribution in [0.2, 0.25) is 0 Å². The second kappa shape index (κ2) is 7.17. The molecule has 0 amide bonds. The monoisotopic (exact) mass is 430 g/mol. The van der Waals surface area contributed by atoms with E-state index >= 15 is 0 Å².